The number of aliphatic hydroxyl groups excluding tert-OH is 1. The lowest BCUT2D eigenvalue weighted by Gasteiger charge is -2.27. The number of methoxy groups -OCH3 is 2. The van der Waals surface area contributed by atoms with Crippen molar-refractivity contribution in [2.45, 2.75) is 89.9 Å². The van der Waals surface area contributed by atoms with E-state index in [0.29, 0.717) is 11.4 Å². The smallest absolute Gasteiger partial charge is 0.407 e. The number of fused-ring (bicyclic) bond motifs is 1. The zero-order valence-corrected chi connectivity index (χ0v) is 28.9. The Morgan fingerprint density at radius 1 is 1.15 bits per heavy atom. The van der Waals surface area contributed by atoms with Gasteiger partial charge >= 0.3 is 24.8 Å². The minimum absolute atomic E-state index is 0.0794. The molecule has 1 fully saturated rings. The molecule has 0 bridgehead atoms. The predicted octanol–water partition coefficient (Wildman–Crippen LogP) is 0.890. The Bertz CT molecular complexity index is 1480. The van der Waals surface area contributed by atoms with Crippen LogP contribution in [0.25, 0.3) is 11.2 Å². The normalized spacial score (nSPS) is 23.7. The molecule has 3 heterocycles. The molecule has 0 spiro atoms. The Hall–Kier alpha value is -3.26. The Balaban J connectivity index is 1.86. The second kappa shape index (κ2) is 15.8. The molecule has 6 N–H and O–H groups in total. The summed E-state index contributed by atoms with van der Waals surface area (Å²) in [6.07, 6.45) is -4.80. The van der Waals surface area contributed by atoms with E-state index in [9.17, 15) is 29.2 Å². The number of aromatic nitrogens is 4. The summed E-state index contributed by atoms with van der Waals surface area (Å²) in [6, 6.07) is -2.49. The number of nitrogens with one attached hydrogen (secondary N) is 2. The number of carbonyl (C=O) groups excluding carboxylic acids is 3. The lowest BCUT2D eigenvalue weighted by molar-refractivity contribution is -0.150. The molecule has 1 amide bonds. The number of hydrogen-bond donors (Lipinski definition) is 5. The summed E-state index contributed by atoms with van der Waals surface area (Å²) < 4.78 is 47.5. The third-order valence-electron chi connectivity index (χ3n) is 6.60. The summed E-state index contributed by atoms with van der Waals surface area (Å²) in [4.78, 5) is 49.6. The molecule has 3 rings (SSSR count). The van der Waals surface area contributed by atoms with Crippen molar-refractivity contribution in [3.63, 3.8) is 0 Å². The molecule has 47 heavy (non-hydrogen) atoms. The van der Waals surface area contributed by atoms with Gasteiger partial charge in [0.15, 0.2) is 17.4 Å². The number of rotatable bonds is 15. The topological polar surface area (TPSA) is 258 Å². The standard InChI is InChI=1S/C26H42N7O12PS/c1-12(2)43-21(35)14(5)32-46(39,47-10-15(29-25(37)41-8)22(36)44-13(3)4)42-9-16-18(34)26(6,38)23(45-16)33-11-28-17-19(33)30-24(27)31-20(17)40-7/h11-16,18,23,34,38H,9-10H2,1-8H3,(H,29,37)(H,32,39)(H2,27,30,31)/t14-,15+,16?,18-,23?,26-,46?/m1/s1. The molecule has 0 aromatic carbocycles. The molecule has 0 radical (unpaired) electrons. The molecule has 1 aliphatic heterocycles. The number of aliphatic hydroxyl groups is 2. The molecular weight excluding hydrogens is 665 g/mol. The minimum atomic E-state index is -4.19. The van der Waals surface area contributed by atoms with Crippen molar-refractivity contribution in [3.8, 4) is 5.88 Å². The van der Waals surface area contributed by atoms with Crippen LogP contribution in [0.1, 0.15) is 47.8 Å². The van der Waals surface area contributed by atoms with E-state index < -0.39 is 79.7 Å². The van der Waals surface area contributed by atoms with Crippen molar-refractivity contribution in [2.24, 2.45) is 0 Å². The molecule has 0 aliphatic carbocycles. The zero-order chi connectivity index (χ0) is 35.3. The quantitative estimate of drug-likeness (QED) is 0.0978. The first-order valence-corrected chi connectivity index (χ1v) is 17.7. The van der Waals surface area contributed by atoms with Crippen LogP contribution in [0.4, 0.5) is 10.7 Å². The van der Waals surface area contributed by atoms with Crippen LogP contribution in [0.15, 0.2) is 6.33 Å². The number of carbonyl (C=O) groups is 3. The van der Waals surface area contributed by atoms with E-state index in [0.717, 1.165) is 7.11 Å². The second-order valence-corrected chi connectivity index (χ2v) is 15.5. The van der Waals surface area contributed by atoms with Gasteiger partial charge in [-0.1, -0.05) is 11.4 Å². The average Bonchev–Trinajstić information content (AvgIpc) is 3.49. The summed E-state index contributed by atoms with van der Waals surface area (Å²) in [5.74, 6) is -1.98. The summed E-state index contributed by atoms with van der Waals surface area (Å²) in [7, 11) is 2.47. The van der Waals surface area contributed by atoms with Crippen LogP contribution in [0.2, 0.25) is 0 Å². The van der Waals surface area contributed by atoms with Crippen molar-refractivity contribution in [3.05, 3.63) is 6.33 Å². The third-order valence-corrected chi connectivity index (χ3v) is 10.7. The molecule has 7 atom stereocenters. The summed E-state index contributed by atoms with van der Waals surface area (Å²) >= 11 is 0.579. The van der Waals surface area contributed by atoms with Crippen LogP contribution in [0.5, 0.6) is 5.88 Å². The lowest BCUT2D eigenvalue weighted by atomic mass is 9.96. The van der Waals surface area contributed by atoms with Crippen molar-refractivity contribution in [2.75, 3.05) is 32.3 Å². The van der Waals surface area contributed by atoms with E-state index in [-0.39, 0.29) is 28.7 Å². The fourth-order valence-electron chi connectivity index (χ4n) is 4.36. The van der Waals surface area contributed by atoms with E-state index in [2.05, 4.69) is 30.1 Å². The SMILES string of the molecule is COC(=O)N[C@@H](CSP(=O)(N[C@H](C)C(=O)OC(C)C)OCC1OC(n2cnc3c(OC)nc(N)nc32)[C@](C)(O)[C@@H]1O)C(=O)OC(C)C. The zero-order valence-electron chi connectivity index (χ0n) is 27.2. The van der Waals surface area contributed by atoms with Gasteiger partial charge in [-0.15, -0.1) is 0 Å². The number of amides is 1. The summed E-state index contributed by atoms with van der Waals surface area (Å²) in [6.45, 7) is 4.44. The predicted molar refractivity (Wildman–Crippen MR) is 167 cm³/mol. The average molecular weight is 708 g/mol. The van der Waals surface area contributed by atoms with Crippen molar-refractivity contribution >= 4 is 53.2 Å². The number of imidazole rings is 1. The highest BCUT2D eigenvalue weighted by Gasteiger charge is 2.54. The lowest BCUT2D eigenvalue weighted by Crippen LogP contribution is -2.45. The van der Waals surface area contributed by atoms with E-state index >= 15 is 0 Å². The van der Waals surface area contributed by atoms with Crippen molar-refractivity contribution in [1.82, 2.24) is 29.9 Å². The molecule has 2 aromatic rings. The van der Waals surface area contributed by atoms with Crippen molar-refractivity contribution in [1.29, 1.82) is 0 Å². The monoisotopic (exact) mass is 707 g/mol. The van der Waals surface area contributed by atoms with Crippen LogP contribution in [0.3, 0.4) is 0 Å². The molecular formula is C26H42N7O12PS. The van der Waals surface area contributed by atoms with Crippen LogP contribution in [-0.2, 0) is 37.6 Å². The summed E-state index contributed by atoms with van der Waals surface area (Å²) in [5.41, 5.74) is 4.22. The van der Waals surface area contributed by atoms with Gasteiger partial charge in [0.25, 0.3) is 0 Å². The molecule has 1 saturated heterocycles. The van der Waals surface area contributed by atoms with Gasteiger partial charge in [0.1, 0.15) is 29.9 Å². The van der Waals surface area contributed by atoms with Crippen LogP contribution >= 0.6 is 18.1 Å². The molecule has 2 aromatic heterocycles. The van der Waals surface area contributed by atoms with Gasteiger partial charge in [0, 0.05) is 5.75 Å². The number of nitrogens with zero attached hydrogens (tertiary/aromatic N) is 4. The van der Waals surface area contributed by atoms with Crippen molar-refractivity contribution < 1.29 is 57.4 Å². The number of esters is 2. The third kappa shape index (κ3) is 9.43. The Labute approximate surface area is 274 Å². The fourth-order valence-corrected chi connectivity index (χ4v) is 8.21. The first-order chi connectivity index (χ1) is 21.9. The number of ether oxygens (including phenoxy) is 5. The number of hydrogen-bond acceptors (Lipinski definition) is 17. The molecule has 1 aliphatic rings. The highest BCUT2D eigenvalue weighted by molar-refractivity contribution is 8.56. The molecule has 21 heteroatoms. The van der Waals surface area contributed by atoms with Gasteiger partial charge in [-0.25, -0.2) is 19.7 Å². The maximum absolute atomic E-state index is 14.2. The van der Waals surface area contributed by atoms with Gasteiger partial charge in [-0.05, 0) is 41.5 Å². The van der Waals surface area contributed by atoms with E-state index in [1.54, 1.807) is 27.7 Å². The van der Waals surface area contributed by atoms with E-state index in [4.69, 9.17) is 29.2 Å². The largest absolute Gasteiger partial charge is 0.479 e. The van der Waals surface area contributed by atoms with E-state index in [1.165, 1.54) is 31.9 Å². The van der Waals surface area contributed by atoms with Crippen LogP contribution in [0, 0.1) is 0 Å². The first-order valence-electron chi connectivity index (χ1n) is 14.4. The fraction of sp³-hybridized carbons (Fsp3) is 0.692. The number of alkyl carbamates (subject to hydrolysis) is 1. The van der Waals surface area contributed by atoms with Gasteiger partial charge in [-0.3, -0.25) is 13.9 Å². The number of nitrogens with two attached hydrogens (primary N) is 1. The molecule has 3 unspecified atom stereocenters. The number of anilines is 1. The number of nitrogen functional groups attached to an aromatic ring is 1. The van der Waals surface area contributed by atoms with E-state index in [1.807, 2.05) is 0 Å². The molecule has 264 valence electrons. The molecule has 19 nitrogen and oxygen atoms in total. The van der Waals surface area contributed by atoms with Gasteiger partial charge < -0.3 is 49.5 Å². The highest BCUT2D eigenvalue weighted by atomic mass is 32.7. The Kier molecular flexibility index (Phi) is 12.8. The Morgan fingerprint density at radius 2 is 1.79 bits per heavy atom. The summed E-state index contributed by atoms with van der Waals surface area (Å²) in [5, 5.41) is 27.4. The first kappa shape index (κ1) is 38.2. The maximum Gasteiger partial charge on any atom is 0.407 e. The van der Waals surface area contributed by atoms with Gasteiger partial charge in [0.05, 0.1) is 39.4 Å². The maximum atomic E-state index is 14.2. The molecule has 0 saturated carbocycles. The van der Waals surface area contributed by atoms with Gasteiger partial charge in [0.2, 0.25) is 11.8 Å². The highest BCUT2D eigenvalue weighted by Crippen LogP contribution is 2.57. The van der Waals surface area contributed by atoms with Crippen LogP contribution in [-0.4, -0.2) is 116 Å². The minimum Gasteiger partial charge on any atom is -0.479 e. The Morgan fingerprint density at radius 3 is 2.38 bits per heavy atom. The van der Waals surface area contributed by atoms with Crippen LogP contribution < -0.4 is 20.9 Å². The second-order valence-electron chi connectivity index (χ2n) is 11.2. The van der Waals surface area contributed by atoms with Gasteiger partial charge in [-0.2, -0.15) is 9.97 Å².